The van der Waals surface area contributed by atoms with Gasteiger partial charge in [-0.2, -0.15) is 11.8 Å². The van der Waals surface area contributed by atoms with E-state index in [4.69, 9.17) is 5.73 Å². The lowest BCUT2D eigenvalue weighted by atomic mass is 10.2. The number of nitrogen functional groups attached to an aromatic ring is 1. The van der Waals surface area contributed by atoms with Crippen LogP contribution in [0.2, 0.25) is 0 Å². The first-order valence-corrected chi connectivity index (χ1v) is 6.06. The van der Waals surface area contributed by atoms with Crippen LogP contribution >= 0.6 is 11.8 Å². The second-order valence-electron chi connectivity index (χ2n) is 3.31. The summed E-state index contributed by atoms with van der Waals surface area (Å²) < 4.78 is 13.4. The normalized spacial score (nSPS) is 12.2. The molecule has 0 spiro atoms. The summed E-state index contributed by atoms with van der Waals surface area (Å²) in [6.45, 7) is 2.46. The van der Waals surface area contributed by atoms with Crippen LogP contribution in [0.4, 0.5) is 10.2 Å². The Bertz CT molecular complexity index is 386. The number of hydrogen-bond donors (Lipinski definition) is 2. The van der Waals surface area contributed by atoms with Gasteiger partial charge in [0, 0.05) is 18.0 Å². The Morgan fingerprint density at radius 2 is 2.44 bits per heavy atom. The number of carbonyl (C=O) groups excluding carboxylic acids is 1. The van der Waals surface area contributed by atoms with Crippen LogP contribution in [0.3, 0.4) is 0 Å². The van der Waals surface area contributed by atoms with E-state index in [0.717, 1.165) is 0 Å². The molecule has 1 unspecified atom stereocenters. The van der Waals surface area contributed by atoms with Gasteiger partial charge in [-0.15, -0.1) is 0 Å². The largest absolute Gasteiger partial charge is 0.381 e. The topological polar surface area (TPSA) is 68.0 Å². The van der Waals surface area contributed by atoms with Gasteiger partial charge in [0.25, 0.3) is 5.91 Å². The lowest BCUT2D eigenvalue weighted by Gasteiger charge is -2.10. The summed E-state index contributed by atoms with van der Waals surface area (Å²) >= 11 is 1.62. The number of aromatic nitrogens is 1. The van der Waals surface area contributed by atoms with Crippen molar-refractivity contribution in [2.24, 2.45) is 0 Å². The SMILES string of the molecule is CSC(C)CNC(=O)c1ccnc(N)c1F. The molecular weight excluding hydrogens is 229 g/mol. The molecule has 1 rings (SSSR count). The Kier molecular flexibility index (Phi) is 4.54. The molecule has 3 N–H and O–H groups in total. The molecule has 0 aromatic carbocycles. The number of halogens is 1. The van der Waals surface area contributed by atoms with Crippen molar-refractivity contribution in [3.63, 3.8) is 0 Å². The fraction of sp³-hybridized carbons (Fsp3) is 0.400. The van der Waals surface area contributed by atoms with E-state index in [1.807, 2.05) is 13.2 Å². The van der Waals surface area contributed by atoms with Crippen LogP contribution in [0, 0.1) is 5.82 Å². The van der Waals surface area contributed by atoms with Crippen molar-refractivity contribution in [2.45, 2.75) is 12.2 Å². The first-order valence-electron chi connectivity index (χ1n) is 4.77. The van der Waals surface area contributed by atoms with Gasteiger partial charge in [-0.05, 0) is 12.3 Å². The van der Waals surface area contributed by atoms with Crippen LogP contribution in [0.5, 0.6) is 0 Å². The quantitative estimate of drug-likeness (QED) is 0.836. The monoisotopic (exact) mass is 243 g/mol. The molecule has 0 aliphatic carbocycles. The van der Waals surface area contributed by atoms with Crippen molar-refractivity contribution >= 4 is 23.5 Å². The lowest BCUT2D eigenvalue weighted by molar-refractivity contribution is 0.0950. The third-order valence-electron chi connectivity index (χ3n) is 2.11. The van der Waals surface area contributed by atoms with Gasteiger partial charge in [0.1, 0.15) is 0 Å². The number of nitrogens with one attached hydrogen (secondary N) is 1. The van der Waals surface area contributed by atoms with Crippen LogP contribution in [-0.4, -0.2) is 28.9 Å². The second kappa shape index (κ2) is 5.69. The summed E-state index contributed by atoms with van der Waals surface area (Å²) in [5.41, 5.74) is 5.20. The average molecular weight is 243 g/mol. The smallest absolute Gasteiger partial charge is 0.254 e. The van der Waals surface area contributed by atoms with Gasteiger partial charge >= 0.3 is 0 Å². The first-order chi connectivity index (χ1) is 7.56. The number of rotatable bonds is 4. The van der Waals surface area contributed by atoms with Gasteiger partial charge in [0.05, 0.1) is 5.56 Å². The molecule has 4 nitrogen and oxygen atoms in total. The highest BCUT2D eigenvalue weighted by atomic mass is 32.2. The number of pyridine rings is 1. The Labute approximate surface area is 97.8 Å². The number of carbonyl (C=O) groups is 1. The van der Waals surface area contributed by atoms with Gasteiger partial charge in [-0.25, -0.2) is 9.37 Å². The van der Waals surface area contributed by atoms with Gasteiger partial charge < -0.3 is 11.1 Å². The van der Waals surface area contributed by atoms with Gasteiger partial charge in [-0.3, -0.25) is 4.79 Å². The number of nitrogens with zero attached hydrogens (tertiary/aromatic N) is 1. The van der Waals surface area contributed by atoms with Crippen LogP contribution in [0.25, 0.3) is 0 Å². The highest BCUT2D eigenvalue weighted by Crippen LogP contribution is 2.11. The van der Waals surface area contributed by atoms with E-state index in [-0.39, 0.29) is 16.6 Å². The summed E-state index contributed by atoms with van der Waals surface area (Å²) in [5.74, 6) is -1.49. The molecule has 1 aromatic rings. The van der Waals surface area contributed by atoms with E-state index < -0.39 is 11.7 Å². The summed E-state index contributed by atoms with van der Waals surface area (Å²) in [4.78, 5) is 15.1. The summed E-state index contributed by atoms with van der Waals surface area (Å²) in [6.07, 6.45) is 3.26. The summed E-state index contributed by atoms with van der Waals surface area (Å²) in [7, 11) is 0. The number of thioether (sulfide) groups is 1. The van der Waals surface area contributed by atoms with E-state index in [2.05, 4.69) is 10.3 Å². The number of amides is 1. The maximum absolute atomic E-state index is 13.4. The predicted octanol–water partition coefficient (Wildman–Crippen LogP) is 1.28. The Morgan fingerprint density at radius 3 is 3.06 bits per heavy atom. The molecule has 0 aliphatic heterocycles. The zero-order valence-corrected chi connectivity index (χ0v) is 9.97. The zero-order valence-electron chi connectivity index (χ0n) is 9.16. The molecule has 0 fully saturated rings. The van der Waals surface area contributed by atoms with Gasteiger partial charge in [0.2, 0.25) is 0 Å². The molecule has 88 valence electrons. The van der Waals surface area contributed by atoms with E-state index >= 15 is 0 Å². The van der Waals surface area contributed by atoms with Crippen LogP contribution in [0.15, 0.2) is 12.3 Å². The molecule has 1 heterocycles. The zero-order chi connectivity index (χ0) is 12.1. The van der Waals surface area contributed by atoms with Crippen molar-refractivity contribution < 1.29 is 9.18 Å². The molecule has 6 heteroatoms. The van der Waals surface area contributed by atoms with Crippen molar-refractivity contribution in [3.05, 3.63) is 23.6 Å². The van der Waals surface area contributed by atoms with Gasteiger partial charge in [0.15, 0.2) is 11.6 Å². The van der Waals surface area contributed by atoms with Gasteiger partial charge in [-0.1, -0.05) is 6.92 Å². The first kappa shape index (κ1) is 12.8. The Hall–Kier alpha value is -1.30. The standard InChI is InChI=1S/C10H14FN3OS/c1-6(16-2)5-14-10(15)7-3-4-13-9(12)8(7)11/h3-4,6H,5H2,1-2H3,(H2,12,13)(H,14,15). The van der Waals surface area contributed by atoms with Crippen LogP contribution < -0.4 is 11.1 Å². The lowest BCUT2D eigenvalue weighted by Crippen LogP contribution is -2.30. The fourth-order valence-electron chi connectivity index (χ4n) is 1.05. The summed E-state index contributed by atoms with van der Waals surface area (Å²) in [6, 6.07) is 1.31. The third-order valence-corrected chi connectivity index (χ3v) is 3.08. The molecule has 1 amide bonds. The second-order valence-corrected chi connectivity index (χ2v) is 4.59. The molecule has 0 saturated heterocycles. The molecule has 0 saturated carbocycles. The van der Waals surface area contributed by atoms with E-state index in [1.54, 1.807) is 11.8 Å². The minimum Gasteiger partial charge on any atom is -0.381 e. The fourth-order valence-corrected chi connectivity index (χ4v) is 1.30. The number of hydrogen-bond acceptors (Lipinski definition) is 4. The molecule has 1 aromatic heterocycles. The van der Waals surface area contributed by atoms with Crippen LogP contribution in [-0.2, 0) is 0 Å². The summed E-state index contributed by atoms with van der Waals surface area (Å²) in [5, 5.41) is 2.92. The molecule has 0 radical (unpaired) electrons. The van der Waals surface area contributed by atoms with Crippen molar-refractivity contribution in [2.75, 3.05) is 18.5 Å². The average Bonchev–Trinajstić information content (AvgIpc) is 2.29. The van der Waals surface area contributed by atoms with E-state index in [1.165, 1.54) is 12.3 Å². The molecular formula is C10H14FN3OS. The Balaban J connectivity index is 2.70. The Morgan fingerprint density at radius 1 is 1.75 bits per heavy atom. The maximum atomic E-state index is 13.4. The van der Waals surface area contributed by atoms with Crippen molar-refractivity contribution in [3.8, 4) is 0 Å². The highest BCUT2D eigenvalue weighted by molar-refractivity contribution is 7.99. The molecule has 1 atom stereocenters. The van der Waals surface area contributed by atoms with Crippen molar-refractivity contribution in [1.29, 1.82) is 0 Å². The molecule has 16 heavy (non-hydrogen) atoms. The van der Waals surface area contributed by atoms with Crippen molar-refractivity contribution in [1.82, 2.24) is 10.3 Å². The van der Waals surface area contributed by atoms with Crippen LogP contribution in [0.1, 0.15) is 17.3 Å². The van der Waals surface area contributed by atoms with E-state index in [0.29, 0.717) is 6.54 Å². The predicted molar refractivity (Wildman–Crippen MR) is 63.9 cm³/mol. The minimum absolute atomic E-state index is 0.0687. The van der Waals surface area contributed by atoms with E-state index in [9.17, 15) is 9.18 Å². The molecule has 0 bridgehead atoms. The highest BCUT2D eigenvalue weighted by Gasteiger charge is 2.14. The maximum Gasteiger partial charge on any atom is 0.254 e. The molecule has 0 aliphatic rings. The number of anilines is 1. The third kappa shape index (κ3) is 3.10. The minimum atomic E-state index is -0.767. The number of nitrogens with two attached hydrogens (primary N) is 1.